The summed E-state index contributed by atoms with van der Waals surface area (Å²) in [5.74, 6) is 0.819. The van der Waals surface area contributed by atoms with Crippen molar-refractivity contribution in [3.8, 4) is 0 Å². The van der Waals surface area contributed by atoms with E-state index >= 15 is 0 Å². The lowest BCUT2D eigenvalue weighted by molar-refractivity contribution is 0.0723. The van der Waals surface area contributed by atoms with Crippen molar-refractivity contribution < 1.29 is 0 Å². The molecule has 0 nitrogen and oxygen atoms in total. The molecule has 1 atom stereocenters. The van der Waals surface area contributed by atoms with Crippen molar-refractivity contribution in [2.24, 2.45) is 11.3 Å². The Balaban J connectivity index is 2.06. The van der Waals surface area contributed by atoms with Gasteiger partial charge in [0.2, 0.25) is 0 Å². The van der Waals surface area contributed by atoms with Gasteiger partial charge in [-0.3, -0.25) is 0 Å². The van der Waals surface area contributed by atoms with Crippen LogP contribution in [-0.4, -0.2) is 0 Å². The van der Waals surface area contributed by atoms with E-state index in [2.05, 4.69) is 6.92 Å². The summed E-state index contributed by atoms with van der Waals surface area (Å²) in [6.45, 7) is 4.18. The molecular weight excluding hydrogens is 108 g/mol. The molecule has 0 amide bonds. The highest BCUT2D eigenvalue weighted by Crippen LogP contribution is 2.56. The standard InChI is InChI=1S/C9H15/c1-8-4-7-9(8)5-2-3-6-9/h8H,1-7H2. The summed E-state index contributed by atoms with van der Waals surface area (Å²) in [5, 5.41) is 0. The summed E-state index contributed by atoms with van der Waals surface area (Å²) in [6, 6.07) is 0. The molecule has 51 valence electrons. The van der Waals surface area contributed by atoms with Crippen LogP contribution in [0.4, 0.5) is 0 Å². The Labute approximate surface area is 57.6 Å². The van der Waals surface area contributed by atoms with Crippen molar-refractivity contribution in [1.29, 1.82) is 0 Å². The maximum absolute atomic E-state index is 4.18. The van der Waals surface area contributed by atoms with Crippen LogP contribution in [0.15, 0.2) is 0 Å². The third kappa shape index (κ3) is 0.653. The molecular formula is C9H15. The van der Waals surface area contributed by atoms with Gasteiger partial charge in [0.05, 0.1) is 0 Å². The molecule has 0 aromatic heterocycles. The molecule has 0 aromatic rings. The predicted octanol–water partition coefficient (Wildman–Crippen LogP) is 2.79. The van der Waals surface area contributed by atoms with E-state index in [9.17, 15) is 0 Å². The average Bonchev–Trinajstić information content (AvgIpc) is 2.34. The van der Waals surface area contributed by atoms with Crippen LogP contribution in [0.2, 0.25) is 0 Å². The van der Waals surface area contributed by atoms with Gasteiger partial charge in [-0.2, -0.15) is 0 Å². The van der Waals surface area contributed by atoms with E-state index < -0.39 is 0 Å². The Morgan fingerprint density at radius 2 is 1.78 bits per heavy atom. The molecule has 0 N–H and O–H groups in total. The lowest BCUT2D eigenvalue weighted by atomic mass is 9.60. The molecule has 0 heteroatoms. The van der Waals surface area contributed by atoms with Crippen LogP contribution in [0.5, 0.6) is 0 Å². The summed E-state index contributed by atoms with van der Waals surface area (Å²) in [6.07, 6.45) is 8.82. The molecule has 0 bridgehead atoms. The van der Waals surface area contributed by atoms with Crippen LogP contribution in [0, 0.1) is 18.3 Å². The van der Waals surface area contributed by atoms with E-state index in [1.165, 1.54) is 38.5 Å². The van der Waals surface area contributed by atoms with Gasteiger partial charge < -0.3 is 0 Å². The Hall–Kier alpha value is 0. The molecule has 9 heavy (non-hydrogen) atoms. The summed E-state index contributed by atoms with van der Waals surface area (Å²) < 4.78 is 0. The van der Waals surface area contributed by atoms with Crippen molar-refractivity contribution >= 4 is 0 Å². The minimum atomic E-state index is 0.764. The van der Waals surface area contributed by atoms with Crippen LogP contribution in [-0.2, 0) is 0 Å². The highest BCUT2D eigenvalue weighted by Gasteiger charge is 2.45. The second-order valence-corrected chi connectivity index (χ2v) is 3.81. The normalized spacial score (nSPS) is 39.0. The Morgan fingerprint density at radius 3 is 2.00 bits per heavy atom. The molecule has 1 unspecified atom stereocenters. The van der Waals surface area contributed by atoms with Gasteiger partial charge in [0, 0.05) is 0 Å². The third-order valence-corrected chi connectivity index (χ3v) is 3.46. The minimum Gasteiger partial charge on any atom is -0.0527 e. The molecule has 2 fully saturated rings. The molecule has 2 aliphatic rings. The topological polar surface area (TPSA) is 0 Å². The van der Waals surface area contributed by atoms with E-state index in [-0.39, 0.29) is 0 Å². The lowest BCUT2D eigenvalue weighted by Gasteiger charge is -2.45. The van der Waals surface area contributed by atoms with Crippen molar-refractivity contribution in [2.45, 2.75) is 38.5 Å². The monoisotopic (exact) mass is 123 g/mol. The van der Waals surface area contributed by atoms with Gasteiger partial charge in [-0.25, -0.2) is 0 Å². The van der Waals surface area contributed by atoms with Gasteiger partial charge in [-0.1, -0.05) is 12.8 Å². The summed E-state index contributed by atoms with van der Waals surface area (Å²) in [5.41, 5.74) is 0.764. The quantitative estimate of drug-likeness (QED) is 0.464. The van der Waals surface area contributed by atoms with Crippen molar-refractivity contribution in [1.82, 2.24) is 0 Å². The third-order valence-electron chi connectivity index (χ3n) is 3.46. The zero-order valence-corrected chi connectivity index (χ0v) is 6.03. The molecule has 0 saturated heterocycles. The predicted molar refractivity (Wildman–Crippen MR) is 39.0 cm³/mol. The zero-order valence-electron chi connectivity index (χ0n) is 6.03. The first-order valence-corrected chi connectivity index (χ1v) is 4.17. The first-order chi connectivity index (χ1) is 4.33. The zero-order chi connectivity index (χ0) is 6.32. The molecule has 1 radical (unpaired) electrons. The summed E-state index contributed by atoms with van der Waals surface area (Å²) in [7, 11) is 0. The van der Waals surface area contributed by atoms with Crippen LogP contribution in [0.25, 0.3) is 0 Å². The molecule has 2 saturated carbocycles. The van der Waals surface area contributed by atoms with Gasteiger partial charge in [0.15, 0.2) is 0 Å². The van der Waals surface area contributed by atoms with E-state index in [4.69, 9.17) is 0 Å². The molecule has 2 aliphatic carbocycles. The smallest absolute Gasteiger partial charge is 0.0269 e. The first-order valence-electron chi connectivity index (χ1n) is 4.17. The second kappa shape index (κ2) is 1.74. The maximum Gasteiger partial charge on any atom is -0.0269 e. The minimum absolute atomic E-state index is 0.764. The van der Waals surface area contributed by atoms with E-state index in [0.717, 1.165) is 11.3 Å². The largest absolute Gasteiger partial charge is 0.0527 e. The van der Waals surface area contributed by atoms with Gasteiger partial charge in [0.1, 0.15) is 0 Å². The van der Waals surface area contributed by atoms with Crippen LogP contribution < -0.4 is 0 Å². The van der Waals surface area contributed by atoms with Crippen LogP contribution >= 0.6 is 0 Å². The number of hydrogen-bond donors (Lipinski definition) is 0. The fraction of sp³-hybridized carbons (Fsp3) is 0.889. The SMILES string of the molecule is [CH2]C1CCC12CCCC2. The molecule has 1 spiro atoms. The highest BCUT2D eigenvalue weighted by atomic mass is 14.5. The molecule has 2 rings (SSSR count). The van der Waals surface area contributed by atoms with Gasteiger partial charge in [-0.15, -0.1) is 0 Å². The first kappa shape index (κ1) is 5.76. The van der Waals surface area contributed by atoms with Crippen LogP contribution in [0.3, 0.4) is 0 Å². The van der Waals surface area contributed by atoms with E-state index in [0.29, 0.717) is 0 Å². The van der Waals surface area contributed by atoms with Crippen molar-refractivity contribution in [3.63, 3.8) is 0 Å². The summed E-state index contributed by atoms with van der Waals surface area (Å²) >= 11 is 0. The van der Waals surface area contributed by atoms with Crippen molar-refractivity contribution in [3.05, 3.63) is 6.92 Å². The van der Waals surface area contributed by atoms with E-state index in [1.54, 1.807) is 0 Å². The average molecular weight is 123 g/mol. The molecule has 0 aliphatic heterocycles. The fourth-order valence-corrected chi connectivity index (χ4v) is 2.49. The van der Waals surface area contributed by atoms with Gasteiger partial charge in [-0.05, 0) is 43.9 Å². The fourth-order valence-electron chi connectivity index (χ4n) is 2.49. The second-order valence-electron chi connectivity index (χ2n) is 3.81. The van der Waals surface area contributed by atoms with Gasteiger partial charge in [0.25, 0.3) is 0 Å². The maximum atomic E-state index is 4.18. The Bertz CT molecular complexity index is 109. The van der Waals surface area contributed by atoms with Gasteiger partial charge >= 0.3 is 0 Å². The Morgan fingerprint density at radius 1 is 1.11 bits per heavy atom. The molecule has 0 heterocycles. The van der Waals surface area contributed by atoms with Crippen LogP contribution in [0.1, 0.15) is 38.5 Å². The number of rotatable bonds is 0. The lowest BCUT2D eigenvalue weighted by Crippen LogP contribution is -2.35. The number of hydrogen-bond acceptors (Lipinski definition) is 0. The van der Waals surface area contributed by atoms with E-state index in [1.807, 2.05) is 0 Å². The van der Waals surface area contributed by atoms with Crippen molar-refractivity contribution in [2.75, 3.05) is 0 Å². The Kier molecular flexibility index (Phi) is 1.12. The summed E-state index contributed by atoms with van der Waals surface area (Å²) in [4.78, 5) is 0. The molecule has 0 aromatic carbocycles. The highest BCUT2D eigenvalue weighted by molar-refractivity contribution is 4.99.